The summed E-state index contributed by atoms with van der Waals surface area (Å²) in [5.74, 6) is 0.571. The molecule has 0 spiro atoms. The fourth-order valence-corrected chi connectivity index (χ4v) is 2.42. The Morgan fingerprint density at radius 2 is 2.16 bits per heavy atom. The number of fused-ring (bicyclic) bond motifs is 1. The van der Waals surface area contributed by atoms with Crippen LogP contribution in [0.5, 0.6) is 5.75 Å². The number of aryl methyl sites for hydroxylation is 1. The lowest BCUT2D eigenvalue weighted by Gasteiger charge is -2.09. The Bertz CT molecular complexity index is 876. The third-order valence-electron chi connectivity index (χ3n) is 3.77. The van der Waals surface area contributed by atoms with Crippen LogP contribution in [-0.2, 0) is 11.3 Å². The van der Waals surface area contributed by atoms with Gasteiger partial charge in [-0.1, -0.05) is 12.1 Å². The summed E-state index contributed by atoms with van der Waals surface area (Å²) >= 11 is 0. The molecule has 7 nitrogen and oxygen atoms in total. The molecule has 2 N–H and O–H groups in total. The average molecular weight is 340 g/mol. The first kappa shape index (κ1) is 16.9. The molecular weight excluding hydrogens is 320 g/mol. The van der Waals surface area contributed by atoms with Crippen LogP contribution in [0.1, 0.15) is 21.6 Å². The minimum absolute atomic E-state index is 0.180. The van der Waals surface area contributed by atoms with Gasteiger partial charge in [0.2, 0.25) is 0 Å². The fourth-order valence-electron chi connectivity index (χ4n) is 2.42. The van der Waals surface area contributed by atoms with Crippen LogP contribution < -0.4 is 10.1 Å². The molecule has 1 amide bonds. The van der Waals surface area contributed by atoms with Gasteiger partial charge in [0.05, 0.1) is 12.2 Å². The topological polar surface area (TPSA) is 89.1 Å². The quantitative estimate of drug-likeness (QED) is 0.644. The number of nitrogens with one attached hydrogen (secondary N) is 2. The summed E-state index contributed by atoms with van der Waals surface area (Å²) in [6.07, 6.45) is 1.53. The number of rotatable bonds is 7. The summed E-state index contributed by atoms with van der Waals surface area (Å²) in [5.41, 5.74) is 2.95. The molecule has 0 fully saturated rings. The number of carbonyl (C=O) groups is 1. The van der Waals surface area contributed by atoms with E-state index < -0.39 is 0 Å². The van der Waals surface area contributed by atoms with Crippen LogP contribution >= 0.6 is 0 Å². The Labute approximate surface area is 145 Å². The number of carbonyl (C=O) groups excluding carboxylic acids is 1. The maximum Gasteiger partial charge on any atom is 0.253 e. The van der Waals surface area contributed by atoms with Crippen molar-refractivity contribution in [1.29, 1.82) is 0 Å². The molecule has 7 heteroatoms. The largest absolute Gasteiger partial charge is 0.491 e. The molecule has 0 radical (unpaired) electrons. The minimum Gasteiger partial charge on any atom is -0.491 e. The van der Waals surface area contributed by atoms with Crippen molar-refractivity contribution in [2.75, 3.05) is 20.3 Å². The Morgan fingerprint density at radius 1 is 1.28 bits per heavy atom. The first-order chi connectivity index (χ1) is 12.2. The number of amides is 1. The molecule has 0 saturated carbocycles. The van der Waals surface area contributed by atoms with Gasteiger partial charge < -0.3 is 14.8 Å². The maximum atomic E-state index is 12.4. The highest BCUT2D eigenvalue weighted by Crippen LogP contribution is 2.15. The van der Waals surface area contributed by atoms with Crippen molar-refractivity contribution in [1.82, 2.24) is 20.5 Å². The molecule has 0 aliphatic rings. The van der Waals surface area contributed by atoms with Crippen molar-refractivity contribution in [3.63, 3.8) is 0 Å². The Kier molecular flexibility index (Phi) is 5.25. The van der Waals surface area contributed by atoms with Gasteiger partial charge in [0.15, 0.2) is 5.65 Å². The maximum absolute atomic E-state index is 12.4. The van der Waals surface area contributed by atoms with E-state index in [-0.39, 0.29) is 5.91 Å². The molecule has 2 aromatic heterocycles. The summed E-state index contributed by atoms with van der Waals surface area (Å²) in [7, 11) is 1.63. The summed E-state index contributed by atoms with van der Waals surface area (Å²) in [6, 6.07) is 9.40. The van der Waals surface area contributed by atoms with Crippen LogP contribution in [0.4, 0.5) is 0 Å². The van der Waals surface area contributed by atoms with Gasteiger partial charge in [-0.2, -0.15) is 5.10 Å². The number of ether oxygens (including phenoxy) is 2. The van der Waals surface area contributed by atoms with E-state index in [2.05, 4.69) is 20.5 Å². The minimum atomic E-state index is -0.180. The zero-order valence-electron chi connectivity index (χ0n) is 14.2. The molecule has 25 heavy (non-hydrogen) atoms. The third kappa shape index (κ3) is 4.13. The predicted molar refractivity (Wildman–Crippen MR) is 93.6 cm³/mol. The van der Waals surface area contributed by atoms with Gasteiger partial charge in [-0.3, -0.25) is 9.89 Å². The molecule has 130 valence electrons. The molecule has 0 atom stereocenters. The number of aromatic nitrogens is 3. The van der Waals surface area contributed by atoms with Crippen LogP contribution in [-0.4, -0.2) is 41.4 Å². The standard InChI is InChI=1S/C18H20N4O3/c1-12-16-9-14(11-19-17(16)22-21-12)18(23)20-10-13-4-3-5-15(8-13)25-7-6-24-2/h3-5,8-9,11H,6-7,10H2,1-2H3,(H,20,23)(H,19,21,22). The monoisotopic (exact) mass is 340 g/mol. The molecule has 0 bridgehead atoms. The molecule has 0 aliphatic carbocycles. The van der Waals surface area contributed by atoms with E-state index in [1.54, 1.807) is 13.2 Å². The lowest BCUT2D eigenvalue weighted by Crippen LogP contribution is -2.22. The smallest absolute Gasteiger partial charge is 0.253 e. The van der Waals surface area contributed by atoms with E-state index in [0.29, 0.717) is 31.0 Å². The summed E-state index contributed by atoms with van der Waals surface area (Å²) < 4.78 is 10.5. The molecule has 3 rings (SSSR count). The number of H-pyrrole nitrogens is 1. The highest BCUT2D eigenvalue weighted by atomic mass is 16.5. The van der Waals surface area contributed by atoms with Gasteiger partial charge in [0.25, 0.3) is 5.91 Å². The van der Waals surface area contributed by atoms with E-state index in [4.69, 9.17) is 9.47 Å². The van der Waals surface area contributed by atoms with Crippen LogP contribution in [0.15, 0.2) is 36.5 Å². The van der Waals surface area contributed by atoms with Crippen LogP contribution in [0.25, 0.3) is 11.0 Å². The van der Waals surface area contributed by atoms with Crippen molar-refractivity contribution in [2.45, 2.75) is 13.5 Å². The van der Waals surface area contributed by atoms with E-state index in [9.17, 15) is 4.79 Å². The van der Waals surface area contributed by atoms with Crippen molar-refractivity contribution in [3.05, 3.63) is 53.3 Å². The van der Waals surface area contributed by atoms with Crippen LogP contribution in [0.2, 0.25) is 0 Å². The lowest BCUT2D eigenvalue weighted by molar-refractivity contribution is 0.0950. The second-order valence-electron chi connectivity index (χ2n) is 5.62. The molecule has 0 saturated heterocycles. The van der Waals surface area contributed by atoms with Crippen molar-refractivity contribution in [2.24, 2.45) is 0 Å². The Balaban J connectivity index is 1.63. The second-order valence-corrected chi connectivity index (χ2v) is 5.62. The predicted octanol–water partition coefficient (Wildman–Crippen LogP) is 2.22. The number of nitrogens with zero attached hydrogens (tertiary/aromatic N) is 2. The van der Waals surface area contributed by atoms with E-state index in [0.717, 1.165) is 22.4 Å². The summed E-state index contributed by atoms with van der Waals surface area (Å²) in [6.45, 7) is 3.32. The van der Waals surface area contributed by atoms with Crippen LogP contribution in [0, 0.1) is 6.92 Å². The Morgan fingerprint density at radius 3 is 3.00 bits per heavy atom. The summed E-state index contributed by atoms with van der Waals surface area (Å²) in [4.78, 5) is 16.6. The normalized spacial score (nSPS) is 10.8. The van der Waals surface area contributed by atoms with Crippen LogP contribution in [0.3, 0.4) is 0 Å². The molecule has 2 heterocycles. The molecule has 0 unspecified atom stereocenters. The molecule has 1 aromatic carbocycles. The highest BCUT2D eigenvalue weighted by molar-refractivity contribution is 5.97. The van der Waals surface area contributed by atoms with Gasteiger partial charge in [-0.25, -0.2) is 4.98 Å². The van der Waals surface area contributed by atoms with Gasteiger partial charge in [0, 0.05) is 30.9 Å². The lowest BCUT2D eigenvalue weighted by atomic mass is 10.2. The van der Waals surface area contributed by atoms with E-state index >= 15 is 0 Å². The van der Waals surface area contributed by atoms with E-state index in [1.165, 1.54) is 6.20 Å². The second kappa shape index (κ2) is 7.76. The molecule has 0 aliphatic heterocycles. The highest BCUT2D eigenvalue weighted by Gasteiger charge is 2.10. The first-order valence-electron chi connectivity index (χ1n) is 7.97. The molecular formula is C18H20N4O3. The fraction of sp³-hybridized carbons (Fsp3) is 0.278. The number of aromatic amines is 1. The van der Waals surface area contributed by atoms with Gasteiger partial charge in [-0.15, -0.1) is 0 Å². The third-order valence-corrected chi connectivity index (χ3v) is 3.77. The SMILES string of the molecule is COCCOc1cccc(CNC(=O)c2cnc3n[nH]c(C)c3c2)c1. The zero-order valence-corrected chi connectivity index (χ0v) is 14.2. The number of pyridine rings is 1. The van der Waals surface area contributed by atoms with Crippen molar-refractivity contribution in [3.8, 4) is 5.75 Å². The number of methoxy groups -OCH3 is 1. The van der Waals surface area contributed by atoms with Gasteiger partial charge in [-0.05, 0) is 30.7 Å². The average Bonchev–Trinajstić information content (AvgIpc) is 3.01. The Hall–Kier alpha value is -2.93. The summed E-state index contributed by atoms with van der Waals surface area (Å²) in [5, 5.41) is 10.7. The van der Waals surface area contributed by atoms with Crippen molar-refractivity contribution >= 4 is 16.9 Å². The number of hydrogen-bond donors (Lipinski definition) is 2. The van der Waals surface area contributed by atoms with Crippen molar-refractivity contribution < 1.29 is 14.3 Å². The molecule has 3 aromatic rings. The van der Waals surface area contributed by atoms with E-state index in [1.807, 2.05) is 31.2 Å². The zero-order chi connectivity index (χ0) is 17.6. The number of hydrogen-bond acceptors (Lipinski definition) is 5. The number of benzene rings is 1. The van der Waals surface area contributed by atoms with Gasteiger partial charge >= 0.3 is 0 Å². The first-order valence-corrected chi connectivity index (χ1v) is 7.97. The van der Waals surface area contributed by atoms with Gasteiger partial charge in [0.1, 0.15) is 12.4 Å².